The summed E-state index contributed by atoms with van der Waals surface area (Å²) in [5.74, 6) is 3.59. The van der Waals surface area contributed by atoms with Crippen LogP contribution in [-0.2, 0) is 20.6 Å². The molecule has 2 atom stereocenters. The highest BCUT2D eigenvalue weighted by molar-refractivity contribution is 5.42. The highest BCUT2D eigenvalue weighted by atomic mass is 16.5. The third kappa shape index (κ3) is 5.18. The molecule has 0 N–H and O–H groups in total. The minimum atomic E-state index is 0.0132. The lowest BCUT2D eigenvalue weighted by Gasteiger charge is -2.23. The van der Waals surface area contributed by atoms with Crippen LogP contribution in [0.2, 0.25) is 0 Å². The monoisotopic (exact) mass is 362 g/mol. The van der Waals surface area contributed by atoms with Crippen LogP contribution in [0.15, 0.2) is 41.9 Å². The SMILES string of the molecule is COC1=CC(OC)C(CCCc2ccc(OC)c(OC)c2)CC(OC)=C1. The summed E-state index contributed by atoms with van der Waals surface area (Å²) in [5, 5.41) is 0. The maximum absolute atomic E-state index is 5.70. The summed E-state index contributed by atoms with van der Waals surface area (Å²) < 4.78 is 27.3. The molecule has 0 radical (unpaired) electrons. The van der Waals surface area contributed by atoms with Gasteiger partial charge in [0.1, 0.15) is 5.76 Å². The van der Waals surface area contributed by atoms with Gasteiger partial charge in [0, 0.05) is 19.6 Å². The molecule has 26 heavy (non-hydrogen) atoms. The number of hydrogen-bond donors (Lipinski definition) is 0. The Morgan fingerprint density at radius 3 is 2.31 bits per heavy atom. The molecule has 1 aliphatic carbocycles. The second kappa shape index (κ2) is 10.1. The van der Waals surface area contributed by atoms with E-state index in [0.717, 1.165) is 48.7 Å². The minimum Gasteiger partial charge on any atom is -0.501 e. The summed E-state index contributed by atoms with van der Waals surface area (Å²) in [6.45, 7) is 0. The van der Waals surface area contributed by atoms with Crippen LogP contribution < -0.4 is 9.47 Å². The van der Waals surface area contributed by atoms with Gasteiger partial charge in [-0.1, -0.05) is 6.07 Å². The third-order valence-electron chi connectivity index (χ3n) is 4.82. The van der Waals surface area contributed by atoms with Gasteiger partial charge in [-0.05, 0) is 49.0 Å². The van der Waals surface area contributed by atoms with Crippen molar-refractivity contribution in [3.8, 4) is 11.5 Å². The number of allylic oxidation sites excluding steroid dienone is 2. The van der Waals surface area contributed by atoms with Crippen LogP contribution in [0.1, 0.15) is 24.8 Å². The molecule has 5 nitrogen and oxygen atoms in total. The molecule has 0 spiro atoms. The fourth-order valence-electron chi connectivity index (χ4n) is 3.34. The van der Waals surface area contributed by atoms with E-state index in [4.69, 9.17) is 23.7 Å². The number of ether oxygens (including phenoxy) is 5. The summed E-state index contributed by atoms with van der Waals surface area (Å²) in [5.41, 5.74) is 1.24. The molecule has 144 valence electrons. The van der Waals surface area contributed by atoms with E-state index in [1.165, 1.54) is 5.56 Å². The molecule has 0 aromatic heterocycles. The molecule has 0 aliphatic heterocycles. The first kappa shape index (κ1) is 20.2. The molecule has 1 aromatic carbocycles. The fraction of sp³-hybridized carbons (Fsp3) is 0.524. The van der Waals surface area contributed by atoms with E-state index in [1.54, 1.807) is 35.5 Å². The van der Waals surface area contributed by atoms with Crippen LogP contribution in [0.25, 0.3) is 0 Å². The van der Waals surface area contributed by atoms with Crippen LogP contribution in [-0.4, -0.2) is 41.7 Å². The molecule has 2 unspecified atom stereocenters. The summed E-state index contributed by atoms with van der Waals surface area (Å²) in [7, 11) is 8.42. The lowest BCUT2D eigenvalue weighted by Crippen LogP contribution is -2.21. The fourth-order valence-corrected chi connectivity index (χ4v) is 3.34. The van der Waals surface area contributed by atoms with Gasteiger partial charge in [-0.3, -0.25) is 0 Å². The highest BCUT2D eigenvalue weighted by Crippen LogP contribution is 2.31. The van der Waals surface area contributed by atoms with Crippen LogP contribution >= 0.6 is 0 Å². The Balaban J connectivity index is 2.01. The van der Waals surface area contributed by atoms with E-state index >= 15 is 0 Å². The Hall–Kier alpha value is -2.14. The number of hydrogen-bond acceptors (Lipinski definition) is 5. The molecule has 1 aliphatic rings. The van der Waals surface area contributed by atoms with Crippen molar-refractivity contribution in [2.75, 3.05) is 35.5 Å². The van der Waals surface area contributed by atoms with Crippen LogP contribution in [0, 0.1) is 5.92 Å². The lowest BCUT2D eigenvalue weighted by atomic mass is 9.91. The van der Waals surface area contributed by atoms with Crippen molar-refractivity contribution >= 4 is 0 Å². The van der Waals surface area contributed by atoms with E-state index in [-0.39, 0.29) is 6.10 Å². The van der Waals surface area contributed by atoms with E-state index < -0.39 is 0 Å². The highest BCUT2D eigenvalue weighted by Gasteiger charge is 2.25. The van der Waals surface area contributed by atoms with Crippen molar-refractivity contribution < 1.29 is 23.7 Å². The zero-order chi connectivity index (χ0) is 18.9. The Morgan fingerprint density at radius 2 is 1.69 bits per heavy atom. The van der Waals surface area contributed by atoms with Gasteiger partial charge in [0.05, 0.1) is 40.3 Å². The van der Waals surface area contributed by atoms with Crippen molar-refractivity contribution in [1.29, 1.82) is 0 Å². The molecule has 0 fully saturated rings. The summed E-state index contributed by atoms with van der Waals surface area (Å²) in [4.78, 5) is 0. The predicted octanol–water partition coefficient (Wildman–Crippen LogP) is 4.12. The lowest BCUT2D eigenvalue weighted by molar-refractivity contribution is 0.0766. The summed E-state index contributed by atoms with van der Waals surface area (Å²) in [6.07, 6.45) is 7.88. The molecule has 0 heterocycles. The first-order valence-electron chi connectivity index (χ1n) is 8.89. The Morgan fingerprint density at radius 1 is 0.923 bits per heavy atom. The zero-order valence-corrected chi connectivity index (χ0v) is 16.4. The molecule has 0 saturated heterocycles. The molecule has 1 aromatic rings. The minimum absolute atomic E-state index is 0.0132. The molecular weight excluding hydrogens is 332 g/mol. The topological polar surface area (TPSA) is 46.2 Å². The Bertz CT molecular complexity index is 635. The average Bonchev–Trinajstić information content (AvgIpc) is 2.86. The number of methoxy groups -OCH3 is 5. The maximum Gasteiger partial charge on any atom is 0.160 e. The largest absolute Gasteiger partial charge is 0.501 e. The molecule has 2 rings (SSSR count). The van der Waals surface area contributed by atoms with E-state index in [2.05, 4.69) is 6.07 Å². The Kier molecular flexibility index (Phi) is 7.85. The second-order valence-corrected chi connectivity index (χ2v) is 6.33. The van der Waals surface area contributed by atoms with E-state index in [0.29, 0.717) is 5.92 Å². The molecular formula is C21H30O5. The smallest absolute Gasteiger partial charge is 0.160 e. The van der Waals surface area contributed by atoms with Crippen LogP contribution in [0.3, 0.4) is 0 Å². The number of benzene rings is 1. The van der Waals surface area contributed by atoms with Gasteiger partial charge in [-0.15, -0.1) is 0 Å². The van der Waals surface area contributed by atoms with E-state index in [1.807, 2.05) is 24.3 Å². The zero-order valence-electron chi connectivity index (χ0n) is 16.4. The first-order chi connectivity index (χ1) is 12.6. The van der Waals surface area contributed by atoms with Crippen LogP contribution in [0.4, 0.5) is 0 Å². The van der Waals surface area contributed by atoms with Crippen molar-refractivity contribution in [3.05, 3.63) is 47.4 Å². The summed E-state index contributed by atoms with van der Waals surface area (Å²) in [6, 6.07) is 6.09. The molecule has 5 heteroatoms. The van der Waals surface area contributed by atoms with Crippen LogP contribution in [0.5, 0.6) is 11.5 Å². The Labute approximate surface area is 156 Å². The van der Waals surface area contributed by atoms with Gasteiger partial charge in [-0.2, -0.15) is 0 Å². The maximum atomic E-state index is 5.70. The molecule has 0 saturated carbocycles. The van der Waals surface area contributed by atoms with Gasteiger partial charge in [0.2, 0.25) is 0 Å². The number of rotatable bonds is 9. The standard InChI is InChI=1S/C21H30O5/c1-22-17-12-16(20(25-4)14-18(13-17)23-2)8-6-7-15-9-10-19(24-3)21(11-15)26-5/h9-11,13-14,16,20H,6-8,12H2,1-5H3. The van der Waals surface area contributed by atoms with Gasteiger partial charge in [-0.25, -0.2) is 0 Å². The van der Waals surface area contributed by atoms with Crippen molar-refractivity contribution in [2.24, 2.45) is 5.92 Å². The van der Waals surface area contributed by atoms with Crippen molar-refractivity contribution in [1.82, 2.24) is 0 Å². The average molecular weight is 362 g/mol. The number of aryl methyl sites for hydroxylation is 1. The molecule has 0 amide bonds. The van der Waals surface area contributed by atoms with Gasteiger partial charge in [0.15, 0.2) is 11.5 Å². The van der Waals surface area contributed by atoms with Crippen molar-refractivity contribution in [3.63, 3.8) is 0 Å². The molecule has 0 bridgehead atoms. The third-order valence-corrected chi connectivity index (χ3v) is 4.82. The van der Waals surface area contributed by atoms with Gasteiger partial charge < -0.3 is 23.7 Å². The normalized spacial score (nSPS) is 19.9. The van der Waals surface area contributed by atoms with Gasteiger partial charge in [0.25, 0.3) is 0 Å². The second-order valence-electron chi connectivity index (χ2n) is 6.33. The predicted molar refractivity (Wildman–Crippen MR) is 102 cm³/mol. The van der Waals surface area contributed by atoms with E-state index in [9.17, 15) is 0 Å². The van der Waals surface area contributed by atoms with Crippen molar-refractivity contribution in [2.45, 2.75) is 31.8 Å². The quantitative estimate of drug-likeness (QED) is 0.661. The van der Waals surface area contributed by atoms with Gasteiger partial charge >= 0.3 is 0 Å². The summed E-state index contributed by atoms with van der Waals surface area (Å²) >= 11 is 0. The first-order valence-corrected chi connectivity index (χ1v) is 8.89.